The number of aliphatic hydroxyl groups is 1. The molecule has 1 heterocycles. The molecule has 0 bridgehead atoms. The molecule has 1 fully saturated rings. The van der Waals surface area contributed by atoms with E-state index >= 15 is 0 Å². The van der Waals surface area contributed by atoms with E-state index in [1.165, 1.54) is 0 Å². The molecule has 17 heavy (non-hydrogen) atoms. The van der Waals surface area contributed by atoms with Gasteiger partial charge in [0.05, 0.1) is 13.2 Å². The fraction of sp³-hybridized carbons (Fsp3) is 0.429. The highest BCUT2D eigenvalue weighted by Gasteiger charge is 2.08. The van der Waals surface area contributed by atoms with Crippen LogP contribution in [-0.4, -0.2) is 42.9 Å². The maximum Gasteiger partial charge on any atom is 0.118 e. The molecule has 1 saturated heterocycles. The highest BCUT2D eigenvalue weighted by Crippen LogP contribution is 2.11. The Bertz CT molecular complexity index is 356. The highest BCUT2D eigenvalue weighted by molar-refractivity contribution is 5.57. The number of nitrogens with zero attached hydrogens (tertiary/aromatic N) is 1. The van der Waals surface area contributed by atoms with Gasteiger partial charge in [0, 0.05) is 25.2 Å². The smallest absolute Gasteiger partial charge is 0.118 e. The van der Waals surface area contributed by atoms with Gasteiger partial charge in [0.15, 0.2) is 0 Å². The Morgan fingerprint density at radius 1 is 1.24 bits per heavy atom. The van der Waals surface area contributed by atoms with Crippen molar-refractivity contribution in [2.45, 2.75) is 6.42 Å². The number of ether oxygens (including phenoxy) is 1. The first-order chi connectivity index (χ1) is 8.36. The van der Waals surface area contributed by atoms with Crippen LogP contribution in [-0.2, 0) is 4.74 Å². The highest BCUT2D eigenvalue weighted by atomic mass is 16.5. The quantitative estimate of drug-likeness (QED) is 0.810. The van der Waals surface area contributed by atoms with Gasteiger partial charge in [-0.05, 0) is 12.5 Å². The van der Waals surface area contributed by atoms with Crippen molar-refractivity contribution in [1.29, 1.82) is 0 Å². The lowest BCUT2D eigenvalue weighted by Gasteiger charge is -2.25. The normalized spacial score (nSPS) is 18.2. The summed E-state index contributed by atoms with van der Waals surface area (Å²) in [4.78, 5) is 2.36. The molecule has 1 N–H and O–H groups in total. The molecule has 0 saturated carbocycles. The summed E-state index contributed by atoms with van der Waals surface area (Å²) in [6.45, 7) is 4.64. The molecule has 3 heteroatoms. The molecule has 1 aliphatic heterocycles. The summed E-state index contributed by atoms with van der Waals surface area (Å²) >= 11 is 0. The van der Waals surface area contributed by atoms with Crippen LogP contribution in [0, 0.1) is 0 Å². The average Bonchev–Trinajstić information content (AvgIpc) is 2.41. The number of aliphatic hydroxyl groups excluding tert-OH is 1. The van der Waals surface area contributed by atoms with Gasteiger partial charge < -0.3 is 9.84 Å². The third kappa shape index (κ3) is 3.88. The van der Waals surface area contributed by atoms with Crippen molar-refractivity contribution >= 4 is 5.76 Å². The Hall–Kier alpha value is -1.32. The molecule has 0 radical (unpaired) electrons. The van der Waals surface area contributed by atoms with Gasteiger partial charge in [-0.25, -0.2) is 0 Å². The van der Waals surface area contributed by atoms with E-state index < -0.39 is 0 Å². The van der Waals surface area contributed by atoms with E-state index in [9.17, 15) is 5.11 Å². The molecule has 92 valence electrons. The minimum atomic E-state index is 0.374. The minimum Gasteiger partial charge on any atom is -0.508 e. The van der Waals surface area contributed by atoms with Crippen LogP contribution in [0.2, 0.25) is 0 Å². The summed E-state index contributed by atoms with van der Waals surface area (Å²) < 4.78 is 5.29. The third-order valence-electron chi connectivity index (χ3n) is 2.96. The number of hydrogen-bond acceptors (Lipinski definition) is 3. The first-order valence-electron chi connectivity index (χ1n) is 6.11. The summed E-state index contributed by atoms with van der Waals surface area (Å²) in [6, 6.07) is 9.65. The van der Waals surface area contributed by atoms with Gasteiger partial charge in [0.1, 0.15) is 5.76 Å². The van der Waals surface area contributed by atoms with Gasteiger partial charge in [0.2, 0.25) is 0 Å². The van der Waals surface area contributed by atoms with Gasteiger partial charge in [-0.2, -0.15) is 0 Å². The standard InChI is InChI=1S/C14H19NO2/c16-14(13-5-2-1-3-6-13)7-4-8-15-9-11-17-12-10-15/h1-3,5-7,16H,4,8-12H2. The van der Waals surface area contributed by atoms with Crippen molar-refractivity contribution < 1.29 is 9.84 Å². The summed E-state index contributed by atoms with van der Waals surface area (Å²) in [7, 11) is 0. The predicted molar refractivity (Wildman–Crippen MR) is 68.9 cm³/mol. The topological polar surface area (TPSA) is 32.7 Å². The summed E-state index contributed by atoms with van der Waals surface area (Å²) in [5.74, 6) is 0.374. The largest absolute Gasteiger partial charge is 0.508 e. The number of benzene rings is 1. The Morgan fingerprint density at radius 3 is 2.65 bits per heavy atom. The van der Waals surface area contributed by atoms with E-state index in [1.807, 2.05) is 36.4 Å². The lowest BCUT2D eigenvalue weighted by atomic mass is 10.1. The third-order valence-corrected chi connectivity index (χ3v) is 2.96. The van der Waals surface area contributed by atoms with Crippen LogP contribution in [0.3, 0.4) is 0 Å². The summed E-state index contributed by atoms with van der Waals surface area (Å²) in [5.41, 5.74) is 0.884. The molecule has 0 unspecified atom stereocenters. The van der Waals surface area contributed by atoms with Gasteiger partial charge in [0.25, 0.3) is 0 Å². The lowest BCUT2D eigenvalue weighted by Crippen LogP contribution is -2.36. The second kappa shape index (κ2) is 6.42. The number of hydrogen-bond donors (Lipinski definition) is 1. The second-order valence-electron chi connectivity index (χ2n) is 4.20. The van der Waals surface area contributed by atoms with Crippen molar-refractivity contribution in [1.82, 2.24) is 4.90 Å². The molecule has 0 atom stereocenters. The van der Waals surface area contributed by atoms with E-state index in [2.05, 4.69) is 4.90 Å². The summed E-state index contributed by atoms with van der Waals surface area (Å²) in [6.07, 6.45) is 2.77. The molecular weight excluding hydrogens is 214 g/mol. The van der Waals surface area contributed by atoms with Crippen molar-refractivity contribution in [3.05, 3.63) is 42.0 Å². The van der Waals surface area contributed by atoms with Gasteiger partial charge >= 0.3 is 0 Å². The van der Waals surface area contributed by atoms with Crippen molar-refractivity contribution in [3.63, 3.8) is 0 Å². The maximum atomic E-state index is 9.87. The molecule has 1 aliphatic rings. The zero-order valence-electron chi connectivity index (χ0n) is 10.0. The monoisotopic (exact) mass is 233 g/mol. The van der Waals surface area contributed by atoms with E-state index in [0.717, 1.165) is 44.8 Å². The van der Waals surface area contributed by atoms with Crippen LogP contribution in [0.5, 0.6) is 0 Å². The van der Waals surface area contributed by atoms with Crippen LogP contribution >= 0.6 is 0 Å². The molecule has 1 aromatic rings. The first kappa shape index (κ1) is 12.1. The number of rotatable bonds is 4. The Kier molecular flexibility index (Phi) is 4.59. The van der Waals surface area contributed by atoms with Crippen LogP contribution in [0.25, 0.3) is 5.76 Å². The van der Waals surface area contributed by atoms with Gasteiger partial charge in [-0.3, -0.25) is 4.90 Å². The zero-order chi connectivity index (χ0) is 11.9. The van der Waals surface area contributed by atoms with E-state index in [0.29, 0.717) is 5.76 Å². The van der Waals surface area contributed by atoms with E-state index in [-0.39, 0.29) is 0 Å². The van der Waals surface area contributed by atoms with Crippen molar-refractivity contribution in [3.8, 4) is 0 Å². The molecule has 3 nitrogen and oxygen atoms in total. The fourth-order valence-corrected chi connectivity index (χ4v) is 1.94. The zero-order valence-corrected chi connectivity index (χ0v) is 10.0. The van der Waals surface area contributed by atoms with Crippen molar-refractivity contribution in [2.75, 3.05) is 32.8 Å². The van der Waals surface area contributed by atoms with Crippen LogP contribution in [0.15, 0.2) is 36.4 Å². The van der Waals surface area contributed by atoms with Crippen LogP contribution in [0.4, 0.5) is 0 Å². The Morgan fingerprint density at radius 2 is 1.94 bits per heavy atom. The summed E-state index contributed by atoms with van der Waals surface area (Å²) in [5, 5.41) is 9.87. The number of morpholine rings is 1. The molecule has 1 aromatic carbocycles. The minimum absolute atomic E-state index is 0.374. The average molecular weight is 233 g/mol. The SMILES string of the molecule is OC(=CCCN1CCOCC1)c1ccccc1. The predicted octanol–water partition coefficient (Wildman–Crippen LogP) is 2.31. The first-order valence-corrected chi connectivity index (χ1v) is 6.11. The van der Waals surface area contributed by atoms with E-state index in [1.54, 1.807) is 0 Å². The van der Waals surface area contributed by atoms with E-state index in [4.69, 9.17) is 4.74 Å². The molecule has 2 rings (SSSR count). The molecule has 0 amide bonds. The maximum absolute atomic E-state index is 9.87. The lowest BCUT2D eigenvalue weighted by molar-refractivity contribution is 0.0387. The Balaban J connectivity index is 1.80. The molecule has 0 aliphatic carbocycles. The molecule has 0 spiro atoms. The van der Waals surface area contributed by atoms with Gasteiger partial charge in [-0.15, -0.1) is 0 Å². The van der Waals surface area contributed by atoms with Crippen LogP contribution < -0.4 is 0 Å². The molecule has 0 aromatic heterocycles. The van der Waals surface area contributed by atoms with Crippen molar-refractivity contribution in [2.24, 2.45) is 0 Å². The van der Waals surface area contributed by atoms with Crippen LogP contribution in [0.1, 0.15) is 12.0 Å². The van der Waals surface area contributed by atoms with Gasteiger partial charge in [-0.1, -0.05) is 30.3 Å². The second-order valence-corrected chi connectivity index (χ2v) is 4.20. The molecular formula is C14H19NO2. The fourth-order valence-electron chi connectivity index (χ4n) is 1.94. The Labute approximate surface area is 102 Å².